The number of halogens is 1. The van der Waals surface area contributed by atoms with Crippen LogP contribution in [0.1, 0.15) is 23.6 Å². The highest BCUT2D eigenvalue weighted by molar-refractivity contribution is 6.30. The average Bonchev–Trinajstić information content (AvgIpc) is 2.94. The average molecular weight is 262 g/mol. The van der Waals surface area contributed by atoms with Crippen LogP contribution in [-0.2, 0) is 6.54 Å². The maximum absolute atomic E-state index is 5.85. The summed E-state index contributed by atoms with van der Waals surface area (Å²) in [7, 11) is 0. The van der Waals surface area contributed by atoms with Gasteiger partial charge in [0, 0.05) is 29.4 Å². The van der Waals surface area contributed by atoms with Crippen molar-refractivity contribution in [2.24, 2.45) is 5.92 Å². The molecular formula is C14H16ClN3. The van der Waals surface area contributed by atoms with Crippen molar-refractivity contribution >= 4 is 11.6 Å². The van der Waals surface area contributed by atoms with Gasteiger partial charge in [0.15, 0.2) is 0 Å². The Morgan fingerprint density at radius 2 is 2.17 bits per heavy atom. The van der Waals surface area contributed by atoms with Crippen molar-refractivity contribution in [2.45, 2.75) is 18.9 Å². The van der Waals surface area contributed by atoms with Gasteiger partial charge in [0.05, 0.1) is 6.33 Å². The van der Waals surface area contributed by atoms with Gasteiger partial charge in [0.2, 0.25) is 0 Å². The molecule has 1 aromatic carbocycles. The Morgan fingerprint density at radius 1 is 1.33 bits per heavy atom. The molecule has 94 valence electrons. The van der Waals surface area contributed by atoms with E-state index in [1.807, 2.05) is 18.3 Å². The van der Waals surface area contributed by atoms with E-state index < -0.39 is 0 Å². The Morgan fingerprint density at radius 3 is 2.89 bits per heavy atom. The van der Waals surface area contributed by atoms with E-state index in [1.54, 1.807) is 6.33 Å². The van der Waals surface area contributed by atoms with Gasteiger partial charge in [0.25, 0.3) is 0 Å². The van der Waals surface area contributed by atoms with Crippen LogP contribution < -0.4 is 5.32 Å². The van der Waals surface area contributed by atoms with Crippen LogP contribution in [0.2, 0.25) is 5.02 Å². The largest absolute Gasteiger partial charge is 0.348 e. The van der Waals surface area contributed by atoms with Gasteiger partial charge < -0.3 is 10.3 Å². The monoisotopic (exact) mass is 261 g/mol. The third-order valence-corrected chi connectivity index (χ3v) is 3.74. The molecule has 1 fully saturated rings. The molecule has 0 bridgehead atoms. The molecule has 4 heteroatoms. The summed E-state index contributed by atoms with van der Waals surface area (Å²) < 4.78 is 0. The fraction of sp³-hybridized carbons (Fsp3) is 0.357. The lowest BCUT2D eigenvalue weighted by molar-refractivity contribution is 0.625. The number of aromatic nitrogens is 2. The van der Waals surface area contributed by atoms with Gasteiger partial charge in [-0.3, -0.25) is 0 Å². The van der Waals surface area contributed by atoms with E-state index in [1.165, 1.54) is 17.7 Å². The van der Waals surface area contributed by atoms with Crippen molar-refractivity contribution in [3.05, 3.63) is 53.1 Å². The maximum Gasteiger partial charge on any atom is 0.0921 e. The molecule has 18 heavy (non-hydrogen) atoms. The van der Waals surface area contributed by atoms with E-state index >= 15 is 0 Å². The van der Waals surface area contributed by atoms with Crippen molar-refractivity contribution < 1.29 is 0 Å². The van der Waals surface area contributed by atoms with Crippen LogP contribution in [0.25, 0.3) is 0 Å². The zero-order chi connectivity index (χ0) is 12.4. The summed E-state index contributed by atoms with van der Waals surface area (Å²) in [5.41, 5.74) is 2.55. The number of H-pyrrole nitrogens is 1. The highest BCUT2D eigenvalue weighted by Crippen LogP contribution is 2.45. The minimum absolute atomic E-state index is 0.671. The number of hydrogen-bond acceptors (Lipinski definition) is 2. The second-order valence-electron chi connectivity index (χ2n) is 4.87. The van der Waals surface area contributed by atoms with Gasteiger partial charge in [0.1, 0.15) is 0 Å². The lowest BCUT2D eigenvalue weighted by Crippen LogP contribution is -2.16. The third-order valence-electron chi connectivity index (χ3n) is 3.49. The van der Waals surface area contributed by atoms with Crippen molar-refractivity contribution in [2.75, 3.05) is 6.54 Å². The SMILES string of the molecule is Clc1ccc(CNC[C@@H]2C[C@H]2c2cnc[nH]2)cc1. The lowest BCUT2D eigenvalue weighted by Gasteiger charge is -2.04. The number of aromatic amines is 1. The van der Waals surface area contributed by atoms with Crippen LogP contribution in [0, 0.1) is 5.92 Å². The summed E-state index contributed by atoms with van der Waals surface area (Å²) in [6.45, 7) is 1.97. The predicted molar refractivity (Wildman–Crippen MR) is 72.6 cm³/mol. The maximum atomic E-state index is 5.85. The van der Waals surface area contributed by atoms with E-state index in [2.05, 4.69) is 27.4 Å². The first-order chi connectivity index (χ1) is 8.83. The van der Waals surface area contributed by atoms with Gasteiger partial charge in [-0.25, -0.2) is 4.98 Å². The molecule has 1 saturated carbocycles. The molecule has 1 heterocycles. The number of imidazole rings is 1. The van der Waals surface area contributed by atoms with E-state index in [4.69, 9.17) is 11.6 Å². The fourth-order valence-corrected chi connectivity index (χ4v) is 2.45. The van der Waals surface area contributed by atoms with Crippen LogP contribution in [0.5, 0.6) is 0 Å². The predicted octanol–water partition coefficient (Wildman–Crippen LogP) is 2.96. The number of nitrogens with zero attached hydrogens (tertiary/aromatic N) is 1. The molecule has 1 aliphatic rings. The quantitative estimate of drug-likeness (QED) is 0.869. The van der Waals surface area contributed by atoms with Crippen LogP contribution in [0.3, 0.4) is 0 Å². The van der Waals surface area contributed by atoms with Crippen LogP contribution >= 0.6 is 11.6 Å². The van der Waals surface area contributed by atoms with Crippen LogP contribution in [-0.4, -0.2) is 16.5 Å². The minimum atomic E-state index is 0.671. The molecule has 0 unspecified atom stereocenters. The first kappa shape index (κ1) is 11.8. The molecular weight excluding hydrogens is 246 g/mol. The zero-order valence-electron chi connectivity index (χ0n) is 10.1. The number of nitrogens with one attached hydrogen (secondary N) is 2. The summed E-state index contributed by atoms with van der Waals surface area (Å²) >= 11 is 5.85. The molecule has 0 aliphatic heterocycles. The second-order valence-corrected chi connectivity index (χ2v) is 5.30. The molecule has 0 radical (unpaired) electrons. The molecule has 3 rings (SSSR count). The first-order valence-corrected chi connectivity index (χ1v) is 6.64. The van der Waals surface area contributed by atoms with Gasteiger partial charge in [-0.2, -0.15) is 0 Å². The highest BCUT2D eigenvalue weighted by Gasteiger charge is 2.38. The minimum Gasteiger partial charge on any atom is -0.348 e. The molecule has 3 nitrogen and oxygen atoms in total. The summed E-state index contributed by atoms with van der Waals surface area (Å²) in [5.74, 6) is 1.42. The Kier molecular flexibility index (Phi) is 3.35. The number of hydrogen-bond donors (Lipinski definition) is 2. The molecule has 1 aliphatic carbocycles. The number of rotatable bonds is 5. The summed E-state index contributed by atoms with van der Waals surface area (Å²) in [6, 6.07) is 8.00. The Labute approximate surface area is 112 Å². The topological polar surface area (TPSA) is 40.7 Å². The molecule has 2 N–H and O–H groups in total. The van der Waals surface area contributed by atoms with Crippen molar-refractivity contribution in [1.29, 1.82) is 0 Å². The zero-order valence-corrected chi connectivity index (χ0v) is 10.8. The molecule has 1 aromatic heterocycles. The van der Waals surface area contributed by atoms with Gasteiger partial charge >= 0.3 is 0 Å². The van der Waals surface area contributed by atoms with E-state index in [0.29, 0.717) is 5.92 Å². The Hall–Kier alpha value is -1.32. The number of benzene rings is 1. The van der Waals surface area contributed by atoms with Crippen molar-refractivity contribution in [1.82, 2.24) is 15.3 Å². The van der Waals surface area contributed by atoms with Crippen LogP contribution in [0.4, 0.5) is 0 Å². The lowest BCUT2D eigenvalue weighted by atomic mass is 10.2. The van der Waals surface area contributed by atoms with Gasteiger partial charge in [-0.1, -0.05) is 23.7 Å². The van der Waals surface area contributed by atoms with E-state index in [0.717, 1.165) is 24.0 Å². The summed E-state index contributed by atoms with van der Waals surface area (Å²) in [5, 5.41) is 4.29. The third kappa shape index (κ3) is 2.74. The Bertz CT molecular complexity index is 492. The molecule has 0 amide bonds. The van der Waals surface area contributed by atoms with Gasteiger partial charge in [-0.15, -0.1) is 0 Å². The van der Waals surface area contributed by atoms with E-state index in [-0.39, 0.29) is 0 Å². The first-order valence-electron chi connectivity index (χ1n) is 6.26. The standard InChI is InChI=1S/C14H16ClN3/c15-12-3-1-10(2-4-12)6-16-7-11-5-13(11)14-8-17-9-18-14/h1-4,8-9,11,13,16H,5-7H2,(H,17,18)/t11-,13+/m0/s1. The van der Waals surface area contributed by atoms with E-state index in [9.17, 15) is 0 Å². The summed E-state index contributed by atoms with van der Waals surface area (Å²) in [4.78, 5) is 7.26. The molecule has 2 aromatic rings. The highest BCUT2D eigenvalue weighted by atomic mass is 35.5. The normalized spacial score (nSPS) is 22.1. The van der Waals surface area contributed by atoms with Crippen molar-refractivity contribution in [3.8, 4) is 0 Å². The summed E-state index contributed by atoms with van der Waals surface area (Å²) in [6.07, 6.45) is 4.95. The Balaban J connectivity index is 1.42. The van der Waals surface area contributed by atoms with Gasteiger partial charge in [-0.05, 0) is 36.6 Å². The smallest absolute Gasteiger partial charge is 0.0921 e. The molecule has 2 atom stereocenters. The molecule has 0 saturated heterocycles. The second kappa shape index (κ2) is 5.12. The van der Waals surface area contributed by atoms with Crippen LogP contribution in [0.15, 0.2) is 36.8 Å². The molecule has 0 spiro atoms. The van der Waals surface area contributed by atoms with Crippen molar-refractivity contribution in [3.63, 3.8) is 0 Å². The fourth-order valence-electron chi connectivity index (χ4n) is 2.33.